The van der Waals surface area contributed by atoms with Gasteiger partial charge in [-0.2, -0.15) is 0 Å². The minimum absolute atomic E-state index is 0.00654. The van der Waals surface area contributed by atoms with Gasteiger partial charge in [-0.15, -0.1) is 0 Å². The highest BCUT2D eigenvalue weighted by Gasteiger charge is 2.34. The summed E-state index contributed by atoms with van der Waals surface area (Å²) >= 11 is 0. The summed E-state index contributed by atoms with van der Waals surface area (Å²) in [4.78, 5) is 36.5. The van der Waals surface area contributed by atoms with E-state index in [2.05, 4.69) is 10.6 Å². The predicted molar refractivity (Wildman–Crippen MR) is 91.6 cm³/mol. The van der Waals surface area contributed by atoms with Crippen LogP contribution in [0.4, 0.5) is 10.5 Å². The largest absolute Gasteiger partial charge is 0.480 e. The van der Waals surface area contributed by atoms with E-state index in [9.17, 15) is 14.4 Å². The normalized spacial score (nSPS) is 19.0. The fraction of sp³-hybridized carbons (Fsp3) is 0.471. The molecule has 0 unspecified atom stereocenters. The number of benzene rings is 1. The molecule has 1 saturated carbocycles. The molecule has 1 aromatic rings. The lowest BCUT2D eigenvalue weighted by molar-refractivity contribution is -0.139. The van der Waals surface area contributed by atoms with E-state index in [1.807, 2.05) is 11.8 Å². The van der Waals surface area contributed by atoms with Crippen LogP contribution in [0.1, 0.15) is 30.1 Å². The van der Waals surface area contributed by atoms with Crippen molar-refractivity contribution in [1.82, 2.24) is 10.2 Å². The molecule has 1 aliphatic carbocycles. The number of hydrogen-bond acceptors (Lipinski definition) is 5. The maximum atomic E-state index is 12.1. The second-order valence-corrected chi connectivity index (χ2v) is 5.91. The van der Waals surface area contributed by atoms with Crippen LogP contribution in [0.25, 0.3) is 0 Å². The van der Waals surface area contributed by atoms with Gasteiger partial charge in [0.05, 0.1) is 24.9 Å². The highest BCUT2D eigenvalue weighted by molar-refractivity contribution is 6.00. The van der Waals surface area contributed by atoms with E-state index in [1.165, 1.54) is 7.11 Å². The SMILES string of the molecule is CCN(CC(=O)O)C1CC(NC(=O)Nc2ccccc2C(=O)OC)C1. The van der Waals surface area contributed by atoms with Crippen molar-refractivity contribution < 1.29 is 24.2 Å². The summed E-state index contributed by atoms with van der Waals surface area (Å²) in [5.41, 5.74) is 0.661. The van der Waals surface area contributed by atoms with Crippen LogP contribution in [0.15, 0.2) is 24.3 Å². The molecule has 1 aromatic carbocycles. The Kier molecular flexibility index (Phi) is 6.35. The highest BCUT2D eigenvalue weighted by atomic mass is 16.5. The van der Waals surface area contributed by atoms with Gasteiger partial charge in [0, 0.05) is 12.1 Å². The minimum Gasteiger partial charge on any atom is -0.480 e. The molecule has 0 heterocycles. The number of carboxylic acids is 1. The lowest BCUT2D eigenvalue weighted by Crippen LogP contribution is -2.55. The van der Waals surface area contributed by atoms with Crippen LogP contribution in [0.2, 0.25) is 0 Å². The number of nitrogens with one attached hydrogen (secondary N) is 2. The van der Waals surface area contributed by atoms with Crippen molar-refractivity contribution >= 4 is 23.7 Å². The van der Waals surface area contributed by atoms with E-state index in [1.54, 1.807) is 24.3 Å². The Morgan fingerprint density at radius 1 is 1.28 bits per heavy atom. The zero-order valence-corrected chi connectivity index (χ0v) is 14.3. The van der Waals surface area contributed by atoms with Gasteiger partial charge in [-0.3, -0.25) is 9.69 Å². The summed E-state index contributed by atoms with van der Waals surface area (Å²) in [5, 5.41) is 14.4. The zero-order valence-electron chi connectivity index (χ0n) is 14.3. The molecule has 1 aliphatic rings. The fourth-order valence-electron chi connectivity index (χ4n) is 2.90. The molecule has 2 amide bonds. The Balaban J connectivity index is 1.85. The number of esters is 1. The average molecular weight is 349 g/mol. The number of para-hydroxylation sites is 1. The number of amides is 2. The number of methoxy groups -OCH3 is 1. The van der Waals surface area contributed by atoms with Crippen molar-refractivity contribution in [1.29, 1.82) is 0 Å². The molecular formula is C17H23N3O5. The highest BCUT2D eigenvalue weighted by Crippen LogP contribution is 2.25. The first kappa shape index (κ1) is 18.7. The van der Waals surface area contributed by atoms with Gasteiger partial charge in [-0.05, 0) is 31.5 Å². The average Bonchev–Trinajstić information content (AvgIpc) is 2.55. The van der Waals surface area contributed by atoms with Gasteiger partial charge in [0.15, 0.2) is 0 Å². The van der Waals surface area contributed by atoms with E-state index in [4.69, 9.17) is 9.84 Å². The molecule has 0 spiro atoms. The van der Waals surface area contributed by atoms with Gasteiger partial charge < -0.3 is 20.5 Å². The van der Waals surface area contributed by atoms with Crippen LogP contribution < -0.4 is 10.6 Å². The fourth-order valence-corrected chi connectivity index (χ4v) is 2.90. The maximum Gasteiger partial charge on any atom is 0.339 e. The first-order valence-corrected chi connectivity index (χ1v) is 8.15. The molecule has 0 bridgehead atoms. The second kappa shape index (κ2) is 8.48. The zero-order chi connectivity index (χ0) is 18.4. The van der Waals surface area contributed by atoms with E-state index in [0.29, 0.717) is 25.1 Å². The molecular weight excluding hydrogens is 326 g/mol. The van der Waals surface area contributed by atoms with E-state index in [0.717, 1.165) is 0 Å². The van der Waals surface area contributed by atoms with Crippen molar-refractivity contribution in [2.24, 2.45) is 0 Å². The molecule has 0 atom stereocenters. The van der Waals surface area contributed by atoms with Crippen molar-refractivity contribution in [2.45, 2.75) is 31.8 Å². The standard InChI is InChI=1S/C17H23N3O5/c1-3-20(10-15(21)22)12-8-11(9-12)18-17(24)19-14-7-5-4-6-13(14)16(23)25-2/h4-7,11-12H,3,8-10H2,1-2H3,(H,21,22)(H2,18,19,24). The van der Waals surface area contributed by atoms with Crippen molar-refractivity contribution in [3.63, 3.8) is 0 Å². The molecule has 0 saturated heterocycles. The summed E-state index contributed by atoms with van der Waals surface area (Å²) in [6, 6.07) is 6.35. The summed E-state index contributed by atoms with van der Waals surface area (Å²) in [6.45, 7) is 2.58. The second-order valence-electron chi connectivity index (χ2n) is 5.91. The monoisotopic (exact) mass is 349 g/mol. The van der Waals surface area contributed by atoms with Gasteiger partial charge in [0.25, 0.3) is 0 Å². The number of carboxylic acid groups (broad SMARTS) is 1. The van der Waals surface area contributed by atoms with Crippen LogP contribution in [0, 0.1) is 0 Å². The quantitative estimate of drug-likeness (QED) is 0.644. The molecule has 25 heavy (non-hydrogen) atoms. The van der Waals surface area contributed by atoms with Gasteiger partial charge in [-0.1, -0.05) is 19.1 Å². The Labute approximate surface area is 146 Å². The lowest BCUT2D eigenvalue weighted by atomic mass is 9.85. The predicted octanol–water partition coefficient (Wildman–Crippen LogP) is 1.53. The van der Waals surface area contributed by atoms with E-state index < -0.39 is 18.0 Å². The first-order valence-electron chi connectivity index (χ1n) is 8.15. The number of aliphatic carboxylic acids is 1. The van der Waals surface area contributed by atoms with Crippen LogP contribution in [0.3, 0.4) is 0 Å². The Bertz CT molecular complexity index is 643. The maximum absolute atomic E-state index is 12.1. The summed E-state index contributed by atoms with van der Waals surface area (Å²) in [7, 11) is 1.28. The molecule has 1 fully saturated rings. The number of nitrogens with zero attached hydrogens (tertiary/aromatic N) is 1. The van der Waals surface area contributed by atoms with Crippen molar-refractivity contribution in [3.8, 4) is 0 Å². The molecule has 0 radical (unpaired) electrons. The van der Waals surface area contributed by atoms with Gasteiger partial charge in [0.1, 0.15) is 0 Å². The van der Waals surface area contributed by atoms with E-state index >= 15 is 0 Å². The number of hydrogen-bond donors (Lipinski definition) is 3. The summed E-state index contributed by atoms with van der Waals surface area (Å²) in [5.74, 6) is -1.37. The smallest absolute Gasteiger partial charge is 0.339 e. The van der Waals surface area contributed by atoms with Crippen LogP contribution in [-0.4, -0.2) is 60.3 Å². The molecule has 2 rings (SSSR count). The van der Waals surface area contributed by atoms with Gasteiger partial charge in [-0.25, -0.2) is 9.59 Å². The molecule has 0 aromatic heterocycles. The van der Waals surface area contributed by atoms with Crippen LogP contribution in [-0.2, 0) is 9.53 Å². The Morgan fingerprint density at radius 3 is 2.56 bits per heavy atom. The van der Waals surface area contributed by atoms with Crippen LogP contribution >= 0.6 is 0 Å². The van der Waals surface area contributed by atoms with Gasteiger partial charge >= 0.3 is 18.0 Å². The number of ether oxygens (including phenoxy) is 1. The molecule has 8 heteroatoms. The Morgan fingerprint density at radius 2 is 1.96 bits per heavy atom. The third-order valence-electron chi connectivity index (χ3n) is 4.29. The molecule has 8 nitrogen and oxygen atoms in total. The number of likely N-dealkylation sites (N-methyl/N-ethyl adjacent to an activating group) is 1. The minimum atomic E-state index is -0.851. The van der Waals surface area contributed by atoms with Crippen molar-refractivity contribution in [3.05, 3.63) is 29.8 Å². The first-order chi connectivity index (χ1) is 11.9. The summed E-state index contributed by atoms with van der Waals surface area (Å²) < 4.78 is 4.69. The number of carbonyl (C=O) groups excluding carboxylic acids is 2. The van der Waals surface area contributed by atoms with Crippen molar-refractivity contribution in [2.75, 3.05) is 25.5 Å². The molecule has 0 aliphatic heterocycles. The van der Waals surface area contributed by atoms with E-state index in [-0.39, 0.29) is 24.2 Å². The number of rotatable bonds is 7. The topological polar surface area (TPSA) is 108 Å². The number of carbonyl (C=O) groups is 3. The summed E-state index contributed by atoms with van der Waals surface area (Å²) in [6.07, 6.45) is 1.40. The van der Waals surface area contributed by atoms with Gasteiger partial charge in [0.2, 0.25) is 0 Å². The third kappa shape index (κ3) is 4.93. The lowest BCUT2D eigenvalue weighted by Gasteiger charge is -2.42. The molecule has 3 N–H and O–H groups in total. The number of urea groups is 1. The third-order valence-corrected chi connectivity index (χ3v) is 4.29. The molecule has 136 valence electrons. The Hall–Kier alpha value is -2.61. The van der Waals surface area contributed by atoms with Crippen LogP contribution in [0.5, 0.6) is 0 Å². The number of anilines is 1.